The molecule has 0 atom stereocenters. The summed E-state index contributed by atoms with van der Waals surface area (Å²) in [5, 5.41) is 5.15. The zero-order chi connectivity index (χ0) is 18.0. The van der Waals surface area contributed by atoms with Crippen LogP contribution in [0.1, 0.15) is 11.1 Å². The van der Waals surface area contributed by atoms with Gasteiger partial charge in [0, 0.05) is 36.9 Å². The molecule has 3 rings (SSSR count). The highest BCUT2D eigenvalue weighted by Crippen LogP contribution is 2.27. The van der Waals surface area contributed by atoms with Gasteiger partial charge in [-0.15, -0.1) is 0 Å². The minimum atomic E-state index is 0.612. The molecule has 0 unspecified atom stereocenters. The van der Waals surface area contributed by atoms with Gasteiger partial charge in [0.15, 0.2) is 5.11 Å². The smallest absolute Gasteiger partial charge is 0.173 e. The van der Waals surface area contributed by atoms with E-state index in [0.717, 1.165) is 31.9 Å². The topological polar surface area (TPSA) is 18.5 Å². The number of rotatable bonds is 2. The summed E-state index contributed by atoms with van der Waals surface area (Å²) in [6.07, 6.45) is 0. The molecule has 1 fully saturated rings. The van der Waals surface area contributed by atoms with E-state index in [4.69, 9.17) is 35.4 Å². The Morgan fingerprint density at radius 3 is 2.48 bits per heavy atom. The molecule has 2 aromatic rings. The van der Waals surface area contributed by atoms with E-state index in [0.29, 0.717) is 15.2 Å². The van der Waals surface area contributed by atoms with E-state index in [1.807, 2.05) is 0 Å². The molecule has 1 aliphatic rings. The van der Waals surface area contributed by atoms with Gasteiger partial charge >= 0.3 is 0 Å². The van der Waals surface area contributed by atoms with Gasteiger partial charge in [-0.25, -0.2) is 0 Å². The van der Waals surface area contributed by atoms with Crippen LogP contribution in [0.25, 0.3) is 0 Å². The standard InChI is InChI=1S/C19H21Cl2N3S/c1-13-4-3-5-18(14(13)2)23-8-10-24(11-9-23)19(25)22-17-12-15(20)6-7-16(17)21/h3-7,12H,8-11H2,1-2H3,(H,22,25). The highest BCUT2D eigenvalue weighted by atomic mass is 35.5. The summed E-state index contributed by atoms with van der Waals surface area (Å²) in [5.74, 6) is 0. The summed E-state index contributed by atoms with van der Waals surface area (Å²) in [7, 11) is 0. The molecule has 0 amide bonds. The minimum Gasteiger partial charge on any atom is -0.368 e. The molecule has 0 saturated carbocycles. The largest absolute Gasteiger partial charge is 0.368 e. The van der Waals surface area contributed by atoms with Crippen LogP contribution in [-0.2, 0) is 0 Å². The van der Waals surface area contributed by atoms with E-state index in [1.165, 1.54) is 16.8 Å². The lowest BCUT2D eigenvalue weighted by Gasteiger charge is -2.38. The summed E-state index contributed by atoms with van der Waals surface area (Å²) in [6.45, 7) is 7.97. The van der Waals surface area contributed by atoms with Gasteiger partial charge in [-0.2, -0.15) is 0 Å². The van der Waals surface area contributed by atoms with Crippen molar-refractivity contribution in [2.24, 2.45) is 0 Å². The van der Waals surface area contributed by atoms with Gasteiger partial charge in [-0.1, -0.05) is 35.3 Å². The van der Waals surface area contributed by atoms with Gasteiger partial charge in [0.05, 0.1) is 10.7 Å². The van der Waals surface area contributed by atoms with Crippen molar-refractivity contribution < 1.29 is 0 Å². The first-order valence-electron chi connectivity index (χ1n) is 8.28. The lowest BCUT2D eigenvalue weighted by molar-refractivity contribution is 0.390. The van der Waals surface area contributed by atoms with Crippen LogP contribution in [0, 0.1) is 13.8 Å². The molecule has 0 radical (unpaired) electrons. The Morgan fingerprint density at radius 1 is 1.04 bits per heavy atom. The van der Waals surface area contributed by atoms with Crippen molar-refractivity contribution in [1.29, 1.82) is 0 Å². The number of piperazine rings is 1. The van der Waals surface area contributed by atoms with E-state index in [2.05, 4.69) is 47.2 Å². The maximum atomic E-state index is 6.21. The van der Waals surface area contributed by atoms with Crippen molar-refractivity contribution in [3.05, 3.63) is 57.6 Å². The van der Waals surface area contributed by atoms with E-state index in [1.54, 1.807) is 18.2 Å². The number of hydrogen-bond donors (Lipinski definition) is 1. The van der Waals surface area contributed by atoms with Crippen molar-refractivity contribution in [2.75, 3.05) is 36.4 Å². The third-order valence-corrected chi connectivity index (χ3v) is 5.58. The van der Waals surface area contributed by atoms with Crippen molar-refractivity contribution in [3.8, 4) is 0 Å². The van der Waals surface area contributed by atoms with Crippen LogP contribution >= 0.6 is 35.4 Å². The van der Waals surface area contributed by atoms with Crippen LogP contribution in [0.4, 0.5) is 11.4 Å². The van der Waals surface area contributed by atoms with Gasteiger partial charge in [0.2, 0.25) is 0 Å². The number of aryl methyl sites for hydroxylation is 1. The number of anilines is 2. The number of halogens is 2. The monoisotopic (exact) mass is 393 g/mol. The molecular weight excluding hydrogens is 373 g/mol. The highest BCUT2D eigenvalue weighted by Gasteiger charge is 2.21. The second-order valence-corrected chi connectivity index (χ2v) is 7.48. The Kier molecular flexibility index (Phi) is 5.72. The van der Waals surface area contributed by atoms with Gasteiger partial charge < -0.3 is 15.1 Å². The molecule has 1 N–H and O–H groups in total. The summed E-state index contributed by atoms with van der Waals surface area (Å²) < 4.78 is 0. The van der Waals surface area contributed by atoms with Crippen LogP contribution < -0.4 is 10.2 Å². The Balaban J connectivity index is 1.63. The Bertz CT molecular complexity index is 786. The van der Waals surface area contributed by atoms with Crippen molar-refractivity contribution >= 4 is 51.9 Å². The molecule has 25 heavy (non-hydrogen) atoms. The molecule has 1 saturated heterocycles. The molecular formula is C19H21Cl2N3S. The number of hydrogen-bond acceptors (Lipinski definition) is 2. The maximum Gasteiger partial charge on any atom is 0.173 e. The van der Waals surface area contributed by atoms with Crippen LogP contribution in [0.15, 0.2) is 36.4 Å². The fourth-order valence-electron chi connectivity index (χ4n) is 3.02. The number of thiocarbonyl (C=S) groups is 1. The number of benzene rings is 2. The Morgan fingerprint density at radius 2 is 1.76 bits per heavy atom. The molecule has 1 aliphatic heterocycles. The summed E-state index contributed by atoms with van der Waals surface area (Å²) >= 11 is 17.8. The zero-order valence-corrected chi connectivity index (χ0v) is 16.7. The van der Waals surface area contributed by atoms with Crippen molar-refractivity contribution in [2.45, 2.75) is 13.8 Å². The Hall–Kier alpha value is -1.49. The minimum absolute atomic E-state index is 0.612. The lowest BCUT2D eigenvalue weighted by Crippen LogP contribution is -2.50. The van der Waals surface area contributed by atoms with Crippen molar-refractivity contribution in [3.63, 3.8) is 0 Å². The predicted molar refractivity (Wildman–Crippen MR) is 112 cm³/mol. The van der Waals surface area contributed by atoms with Gasteiger partial charge in [-0.3, -0.25) is 0 Å². The Labute approximate surface area is 164 Å². The van der Waals surface area contributed by atoms with E-state index in [-0.39, 0.29) is 0 Å². The molecule has 6 heteroatoms. The molecule has 3 nitrogen and oxygen atoms in total. The molecule has 1 heterocycles. The SMILES string of the molecule is Cc1cccc(N2CCN(C(=S)Nc3cc(Cl)ccc3Cl)CC2)c1C. The van der Waals surface area contributed by atoms with E-state index in [9.17, 15) is 0 Å². The van der Waals surface area contributed by atoms with Gasteiger partial charge in [-0.05, 0) is 61.5 Å². The second-order valence-electron chi connectivity index (χ2n) is 6.25. The van der Waals surface area contributed by atoms with Crippen LogP contribution in [0.3, 0.4) is 0 Å². The maximum absolute atomic E-state index is 6.21. The first-order chi connectivity index (χ1) is 12.0. The molecule has 0 aliphatic carbocycles. The summed E-state index contributed by atoms with van der Waals surface area (Å²) in [4.78, 5) is 4.60. The number of nitrogens with one attached hydrogen (secondary N) is 1. The molecule has 0 bridgehead atoms. The van der Waals surface area contributed by atoms with Crippen LogP contribution in [0.5, 0.6) is 0 Å². The highest BCUT2D eigenvalue weighted by molar-refractivity contribution is 7.80. The van der Waals surface area contributed by atoms with E-state index < -0.39 is 0 Å². The normalized spacial score (nSPS) is 14.6. The zero-order valence-electron chi connectivity index (χ0n) is 14.4. The molecule has 2 aromatic carbocycles. The van der Waals surface area contributed by atoms with E-state index >= 15 is 0 Å². The van der Waals surface area contributed by atoms with Gasteiger partial charge in [0.1, 0.15) is 0 Å². The van der Waals surface area contributed by atoms with Crippen LogP contribution in [0.2, 0.25) is 10.0 Å². The molecule has 0 aromatic heterocycles. The first kappa shape index (κ1) is 18.3. The van der Waals surface area contributed by atoms with Gasteiger partial charge in [0.25, 0.3) is 0 Å². The summed E-state index contributed by atoms with van der Waals surface area (Å²) in [6, 6.07) is 11.8. The molecule has 0 spiro atoms. The average Bonchev–Trinajstić information content (AvgIpc) is 2.61. The average molecular weight is 394 g/mol. The fourth-order valence-corrected chi connectivity index (χ4v) is 3.65. The first-order valence-corrected chi connectivity index (χ1v) is 9.44. The lowest BCUT2D eigenvalue weighted by atomic mass is 10.1. The third-order valence-electron chi connectivity index (χ3n) is 4.65. The van der Waals surface area contributed by atoms with Crippen molar-refractivity contribution in [1.82, 2.24) is 4.90 Å². The third kappa shape index (κ3) is 4.20. The quantitative estimate of drug-likeness (QED) is 0.712. The summed E-state index contributed by atoms with van der Waals surface area (Å²) in [5.41, 5.74) is 4.74. The second kappa shape index (κ2) is 7.81. The fraction of sp³-hybridized carbons (Fsp3) is 0.316. The predicted octanol–water partition coefficient (Wildman–Crippen LogP) is 5.13. The van der Waals surface area contributed by atoms with Crippen LogP contribution in [-0.4, -0.2) is 36.2 Å². The number of nitrogens with zero attached hydrogens (tertiary/aromatic N) is 2. The molecule has 132 valence electrons.